The number of methoxy groups -OCH3 is 2. The van der Waals surface area contributed by atoms with Gasteiger partial charge in [-0.3, -0.25) is 57.7 Å². The molecule has 0 aromatic heterocycles. The minimum atomic E-state index is -2.63. The lowest BCUT2D eigenvalue weighted by Crippen LogP contribution is -2.81. The second-order valence-electron chi connectivity index (χ2n) is 31.0. The van der Waals surface area contributed by atoms with Gasteiger partial charge >= 0.3 is 54.0 Å². The highest BCUT2D eigenvalue weighted by atomic mass is 33.1. The number of piperidine rings is 1. The summed E-state index contributed by atoms with van der Waals surface area (Å²) in [5.41, 5.74) is -1.14. The van der Waals surface area contributed by atoms with Crippen molar-refractivity contribution in [3.05, 3.63) is 112 Å². The second kappa shape index (κ2) is 39.5. The molecule has 3 fully saturated rings. The number of carbonyl (C=O) groups is 13. The number of urea groups is 1. The largest absolute Gasteiger partial charge is 0.496 e. The average Bonchev–Trinajstić information content (AvgIpc) is 1.49. The summed E-state index contributed by atoms with van der Waals surface area (Å²) >= 11 is 0. The van der Waals surface area contributed by atoms with Crippen molar-refractivity contribution in [1.82, 2.24) is 36.4 Å². The molecule has 2 bridgehead atoms. The van der Waals surface area contributed by atoms with E-state index in [0.717, 1.165) is 49.4 Å². The second-order valence-corrected chi connectivity index (χ2v) is 33.6. The number of esters is 2. The zero-order chi connectivity index (χ0) is 85.5. The number of amides is 5. The molecule has 1 saturated carbocycles. The first-order valence-electron chi connectivity index (χ1n) is 38.8. The number of anilines is 1. The number of carboxylic acids is 5. The molecule has 2 saturated heterocycles. The normalized spacial score (nSPS) is 25.5. The van der Waals surface area contributed by atoms with Crippen molar-refractivity contribution in [3.8, 4) is 5.75 Å². The number of rotatable bonds is 40. The average molecular weight is 1670 g/mol. The van der Waals surface area contributed by atoms with Gasteiger partial charge in [-0.25, -0.2) is 14.4 Å². The number of hydrogen-bond acceptors (Lipinski definition) is 26. The number of carbonyl (C=O) groups excluding carboxylic acids is 10. The molecule has 36 heteroatoms. The zero-order valence-corrected chi connectivity index (χ0v) is 67.3. The SMILES string of the molecule is CC[C@]1(O)CC2CN(CC3=C(Cc4ccccc43)[C@@](C(=O)OC)(c3cc4c(cc3OC)N(C)[C@H]3[C@@](O)(C(=O)NCC(=O)OCCSSC[C@H](NC(=O)[C@@H](CC(=O)[C@H](CC(=O)O)NC(=O)CC[C@H](CC(=O)CC[C@H](NC(=O)NCCCC(=O)O)C(=O)O)C(=O)O)Cc5ccccc5)C(=O)O)[C@H](O)[C@]5(CC)C=CCN6CC[C@]43[C@@H]65)C2)C1.O=C=O. The summed E-state index contributed by atoms with van der Waals surface area (Å²) in [6, 6.07) is 12.7. The van der Waals surface area contributed by atoms with Crippen LogP contribution in [0.15, 0.2) is 84.5 Å². The summed E-state index contributed by atoms with van der Waals surface area (Å²) in [5, 5.41) is 99.2. The minimum absolute atomic E-state index is 0.0552. The Morgan fingerprint density at radius 3 is 2.10 bits per heavy atom. The van der Waals surface area contributed by atoms with Crippen LogP contribution in [0.2, 0.25) is 0 Å². The highest BCUT2D eigenvalue weighted by Crippen LogP contribution is 2.68. The molecule has 2 unspecified atom stereocenters. The van der Waals surface area contributed by atoms with E-state index in [1.165, 1.54) is 14.2 Å². The molecule has 7 aliphatic rings. The quantitative estimate of drug-likeness (QED) is 0.0168. The maximum absolute atomic E-state index is 15.6. The topological polar surface area (TPSA) is 515 Å². The first-order valence-corrected chi connectivity index (χ1v) is 41.3. The van der Waals surface area contributed by atoms with Gasteiger partial charge in [0.05, 0.1) is 44.2 Å². The predicted octanol–water partition coefficient (Wildman–Crippen LogP) is 2.83. The zero-order valence-electron chi connectivity index (χ0n) is 65.7. The maximum Gasteiger partial charge on any atom is 0.373 e. The van der Waals surface area contributed by atoms with Gasteiger partial charge in [0, 0.05) is 123 Å². The third-order valence-corrected chi connectivity index (χ3v) is 26.3. The number of benzene rings is 3. The monoisotopic (exact) mass is 1670 g/mol. The molecule has 2 aliphatic carbocycles. The fourth-order valence-corrected chi connectivity index (χ4v) is 20.8. The minimum Gasteiger partial charge on any atom is -0.496 e. The standard InChI is InChI=1S/C80H102N8O24S2.CO2/c1-6-76(108)38-46-39-79(74(106)111-5,53-33-47-17-11-12-18-51(47)52(53)42-87(41-46)44-76)55-35-54-59(37-61(55)110-4)86(3)71-78(54)25-28-88-27-14-24-77(7-2,70(78)88)72(104)80(71,109)73(105)82-40-65(96)112-29-30-113-114-43-58(69(102)103)84-66(97)49(31-45-15-9-8-10-16-45)34-60(90)57(36-64(94)95)83-62(91)23-20-48(67(98)99)32-50(89)21-22-56(68(100)101)85-75(107)81-26-13-19-63(92)93;2-1-3/h8-12,14-18,24,35,37,46,48-49,56-58,70-72,104,108-109H,6-7,13,19-23,25-34,36,38-44H2,1-5H3,(H,82,105)(H,83,91)(H,84,97)(H,92,93)(H,94,95)(H,98,99)(H,100,101)(H,102,103)(H2,81,85,107);/t46?,48-,49-,56+,57+,58+,70+,71-,72-,76+,77-,78-,79-,80+;/m1./s1. The van der Waals surface area contributed by atoms with Crippen LogP contribution in [-0.4, -0.2) is 267 Å². The van der Waals surface area contributed by atoms with Crippen LogP contribution in [0.1, 0.15) is 132 Å². The molecule has 0 radical (unpaired) electrons. The molecule has 34 nitrogen and oxygen atoms in total. The number of ketones is 2. The number of fused-ring (bicyclic) bond motifs is 5. The van der Waals surface area contributed by atoms with E-state index in [0.29, 0.717) is 81.0 Å². The van der Waals surface area contributed by atoms with Crippen molar-refractivity contribution < 1.29 is 127 Å². The Kier molecular flexibility index (Phi) is 30.6. The van der Waals surface area contributed by atoms with Crippen LogP contribution in [0.25, 0.3) is 5.57 Å². The molecule has 634 valence electrons. The van der Waals surface area contributed by atoms with Crippen LogP contribution in [0.5, 0.6) is 5.75 Å². The van der Waals surface area contributed by atoms with E-state index < -0.39 is 204 Å². The number of likely N-dealkylation sites (N-methyl/N-ethyl adjacent to an activating group) is 1. The van der Waals surface area contributed by atoms with E-state index in [9.17, 15) is 88.5 Å². The number of Topliss-reactive ketones (excluding diaryl/α,β-unsaturated/α-hetero) is 2. The van der Waals surface area contributed by atoms with Gasteiger partial charge in [-0.15, -0.1) is 0 Å². The van der Waals surface area contributed by atoms with Gasteiger partial charge in [0.15, 0.2) is 11.4 Å². The van der Waals surface area contributed by atoms with Crippen LogP contribution in [0, 0.1) is 23.2 Å². The van der Waals surface area contributed by atoms with Crippen LogP contribution >= 0.6 is 21.6 Å². The number of aliphatic hydroxyl groups excluding tert-OH is 1. The Bertz CT molecular complexity index is 4370. The third kappa shape index (κ3) is 19.9. The summed E-state index contributed by atoms with van der Waals surface area (Å²) in [6.07, 6.45) is -0.136. The molecule has 3 aromatic rings. The molecule has 5 amide bonds. The van der Waals surface area contributed by atoms with Gasteiger partial charge in [-0.2, -0.15) is 9.59 Å². The smallest absolute Gasteiger partial charge is 0.373 e. The molecule has 117 heavy (non-hydrogen) atoms. The number of carboxylic acid groups (broad SMARTS) is 5. The Labute approximate surface area is 682 Å². The Balaban J connectivity index is 0.00000513. The van der Waals surface area contributed by atoms with Crippen molar-refractivity contribution >= 4 is 116 Å². The summed E-state index contributed by atoms with van der Waals surface area (Å²) in [5.74, 6) is -16.1. The summed E-state index contributed by atoms with van der Waals surface area (Å²) in [6.45, 7) is 5.38. The lowest BCUT2D eigenvalue weighted by atomic mass is 9.47. The van der Waals surface area contributed by atoms with Gasteiger partial charge in [0.25, 0.3) is 5.91 Å². The van der Waals surface area contributed by atoms with E-state index in [1.807, 2.05) is 55.2 Å². The van der Waals surface area contributed by atoms with Crippen molar-refractivity contribution in [3.63, 3.8) is 0 Å². The molecule has 3 aromatic carbocycles. The summed E-state index contributed by atoms with van der Waals surface area (Å²) < 4.78 is 17.9. The van der Waals surface area contributed by atoms with Gasteiger partial charge in [0.1, 0.15) is 48.3 Å². The molecule has 5 aliphatic heterocycles. The Morgan fingerprint density at radius 2 is 1.44 bits per heavy atom. The number of hydrogen-bond donors (Lipinski definition) is 13. The van der Waals surface area contributed by atoms with Gasteiger partial charge in [-0.05, 0) is 116 Å². The van der Waals surface area contributed by atoms with Gasteiger partial charge in [0.2, 0.25) is 11.8 Å². The lowest BCUT2D eigenvalue weighted by molar-refractivity contribution is -0.203. The van der Waals surface area contributed by atoms with Crippen LogP contribution in [0.3, 0.4) is 0 Å². The van der Waals surface area contributed by atoms with E-state index in [-0.39, 0.29) is 68.8 Å². The fourth-order valence-electron chi connectivity index (χ4n) is 18.8. The van der Waals surface area contributed by atoms with Crippen LogP contribution in [-0.2, 0) is 100 Å². The van der Waals surface area contributed by atoms with Crippen molar-refractivity contribution in [1.29, 1.82) is 0 Å². The number of aliphatic hydroxyl groups is 3. The van der Waals surface area contributed by atoms with Crippen molar-refractivity contribution in [2.75, 3.05) is 90.1 Å². The van der Waals surface area contributed by atoms with Crippen molar-refractivity contribution in [2.24, 2.45) is 23.2 Å². The molecule has 10 rings (SSSR count). The summed E-state index contributed by atoms with van der Waals surface area (Å²) in [4.78, 5) is 193. The molecular weight excluding hydrogens is 1570 g/mol. The van der Waals surface area contributed by atoms with E-state index in [1.54, 1.807) is 37.4 Å². The predicted molar refractivity (Wildman–Crippen MR) is 420 cm³/mol. The molecule has 5 heterocycles. The number of nitrogens with zero attached hydrogens (tertiary/aromatic N) is 3. The van der Waals surface area contributed by atoms with E-state index in [2.05, 4.69) is 48.5 Å². The van der Waals surface area contributed by atoms with E-state index >= 15 is 9.59 Å². The maximum atomic E-state index is 15.6. The molecular formula is C81H102N8O26S2. The van der Waals surface area contributed by atoms with Crippen molar-refractivity contribution in [2.45, 2.75) is 175 Å². The number of ether oxygens (including phenoxy) is 3. The first kappa shape index (κ1) is 90.8. The lowest BCUT2D eigenvalue weighted by Gasteiger charge is -2.63. The fraction of sp³-hybridized carbons (Fsp3) is 0.556. The van der Waals surface area contributed by atoms with Crippen LogP contribution in [0.4, 0.5) is 10.5 Å². The number of nitrogens with one attached hydrogen (secondary N) is 5. The third-order valence-electron chi connectivity index (χ3n) is 24.0. The summed E-state index contributed by atoms with van der Waals surface area (Å²) in [7, 11) is 6.73. The molecule has 13 N–H and O–H groups in total. The highest BCUT2D eigenvalue weighted by molar-refractivity contribution is 8.76. The molecule has 1 spiro atoms. The van der Waals surface area contributed by atoms with E-state index in [4.69, 9.17) is 28.9 Å². The Morgan fingerprint density at radius 1 is 0.735 bits per heavy atom. The number of aliphatic carboxylic acids is 5. The first-order chi connectivity index (χ1) is 55.6. The van der Waals surface area contributed by atoms with Gasteiger partial charge < -0.3 is 86.5 Å². The van der Waals surface area contributed by atoms with Gasteiger partial charge in [-0.1, -0.05) is 102 Å². The van der Waals surface area contributed by atoms with Crippen LogP contribution < -0.4 is 36.2 Å². The Hall–Kier alpha value is -10.1. The highest BCUT2D eigenvalue weighted by Gasteiger charge is 2.79. The molecule has 15 atom stereocenters.